The van der Waals surface area contributed by atoms with Crippen molar-refractivity contribution >= 4 is 33.2 Å². The summed E-state index contributed by atoms with van der Waals surface area (Å²) in [4.78, 5) is 8.16. The largest absolute Gasteiger partial charge is 0.388 e. The predicted octanol–water partition coefficient (Wildman–Crippen LogP) is -0.799. The Morgan fingerprint density at radius 2 is 2.24 bits per heavy atom. The molecule has 0 fully saturated rings. The van der Waals surface area contributed by atoms with Crippen LogP contribution in [0.15, 0.2) is 12.3 Å². The van der Waals surface area contributed by atoms with Gasteiger partial charge in [0.25, 0.3) is 0 Å². The first-order valence-corrected chi connectivity index (χ1v) is 6.88. The number of nitrogens with two attached hydrogens (primary N) is 2. The van der Waals surface area contributed by atoms with Gasteiger partial charge in [0.15, 0.2) is 0 Å². The molecule has 0 bridgehead atoms. The average molecular weight is 275 g/mol. The predicted molar refractivity (Wildman–Crippen MR) is 69.0 cm³/mol. The molecule has 0 aromatic carbocycles. The minimum atomic E-state index is -3.42. The van der Waals surface area contributed by atoms with Crippen molar-refractivity contribution in [1.29, 1.82) is 0 Å². The molecule has 0 saturated heterocycles. The van der Waals surface area contributed by atoms with Crippen molar-refractivity contribution in [3.8, 4) is 0 Å². The highest BCUT2D eigenvalue weighted by Gasteiger charge is 2.03. The van der Waals surface area contributed by atoms with Gasteiger partial charge in [-0.05, 0) is 12.5 Å². The lowest BCUT2D eigenvalue weighted by Crippen LogP contribution is -2.19. The molecule has 0 spiro atoms. The average Bonchev–Trinajstić information content (AvgIpc) is 2.23. The third-order valence-electron chi connectivity index (χ3n) is 1.80. The topological polar surface area (TPSA) is 124 Å². The van der Waals surface area contributed by atoms with Gasteiger partial charge in [-0.25, -0.2) is 23.5 Å². The lowest BCUT2D eigenvalue weighted by molar-refractivity contribution is 0.595. The molecule has 7 nitrogen and oxygen atoms in total. The van der Waals surface area contributed by atoms with Crippen molar-refractivity contribution in [2.45, 2.75) is 6.42 Å². The zero-order chi connectivity index (χ0) is 12.9. The molecule has 0 aliphatic carbocycles. The molecule has 1 aromatic rings. The van der Waals surface area contributed by atoms with Crippen molar-refractivity contribution in [3.05, 3.63) is 18.0 Å². The van der Waals surface area contributed by atoms with E-state index in [1.54, 1.807) is 6.07 Å². The van der Waals surface area contributed by atoms with E-state index in [0.717, 1.165) is 0 Å². The van der Waals surface area contributed by atoms with Crippen LogP contribution in [0.5, 0.6) is 0 Å². The Labute approximate surface area is 105 Å². The minimum absolute atomic E-state index is 0.0883. The van der Waals surface area contributed by atoms with E-state index < -0.39 is 10.0 Å². The maximum Gasteiger partial charge on any atom is 0.223 e. The second-order valence-electron chi connectivity index (χ2n) is 3.28. The fourth-order valence-electron chi connectivity index (χ4n) is 1.05. The molecular formula is C8H13N5O2S2. The van der Waals surface area contributed by atoms with Crippen molar-refractivity contribution in [3.63, 3.8) is 0 Å². The number of aromatic nitrogens is 2. The van der Waals surface area contributed by atoms with Crippen molar-refractivity contribution in [1.82, 2.24) is 9.97 Å². The molecule has 1 aromatic heterocycles. The zero-order valence-electron chi connectivity index (χ0n) is 8.96. The van der Waals surface area contributed by atoms with E-state index in [0.29, 0.717) is 24.6 Å². The molecule has 9 heteroatoms. The van der Waals surface area contributed by atoms with E-state index in [9.17, 15) is 8.42 Å². The van der Waals surface area contributed by atoms with Crippen LogP contribution in [0.3, 0.4) is 0 Å². The van der Waals surface area contributed by atoms with E-state index in [1.165, 1.54) is 6.20 Å². The Morgan fingerprint density at radius 1 is 1.53 bits per heavy atom. The van der Waals surface area contributed by atoms with Gasteiger partial charge < -0.3 is 11.1 Å². The number of anilines is 1. The van der Waals surface area contributed by atoms with Crippen LogP contribution in [0.25, 0.3) is 0 Å². The quantitative estimate of drug-likeness (QED) is 0.458. The Morgan fingerprint density at radius 3 is 2.82 bits per heavy atom. The normalized spacial score (nSPS) is 11.1. The first-order valence-electron chi connectivity index (χ1n) is 4.76. The van der Waals surface area contributed by atoms with Gasteiger partial charge in [-0.1, -0.05) is 12.2 Å². The summed E-state index contributed by atoms with van der Waals surface area (Å²) in [5, 5.41) is 7.71. The molecule has 1 rings (SSSR count). The first kappa shape index (κ1) is 13.7. The lowest BCUT2D eigenvalue weighted by atomic mass is 10.4. The van der Waals surface area contributed by atoms with E-state index in [1.807, 2.05) is 0 Å². The van der Waals surface area contributed by atoms with Gasteiger partial charge in [-0.3, -0.25) is 0 Å². The number of nitrogens with one attached hydrogen (secondary N) is 1. The highest BCUT2D eigenvalue weighted by Crippen LogP contribution is 2.00. The molecule has 0 atom stereocenters. The lowest BCUT2D eigenvalue weighted by Gasteiger charge is -2.05. The molecular weight excluding hydrogens is 262 g/mol. The number of thiocarbonyl (C=S) groups is 1. The van der Waals surface area contributed by atoms with Crippen LogP contribution >= 0.6 is 12.2 Å². The summed E-state index contributed by atoms with van der Waals surface area (Å²) in [7, 11) is -3.42. The highest BCUT2D eigenvalue weighted by molar-refractivity contribution is 7.89. The molecule has 5 N–H and O–H groups in total. The Bertz CT molecular complexity index is 502. The Balaban J connectivity index is 2.47. The van der Waals surface area contributed by atoms with Gasteiger partial charge in [0.1, 0.15) is 10.7 Å². The Hall–Kier alpha value is -1.32. The van der Waals surface area contributed by atoms with Crippen molar-refractivity contribution < 1.29 is 8.42 Å². The maximum atomic E-state index is 10.7. The first-order chi connectivity index (χ1) is 7.88. The molecule has 94 valence electrons. The number of primary sulfonamides is 1. The number of rotatable bonds is 6. The van der Waals surface area contributed by atoms with Crippen LogP contribution < -0.4 is 16.2 Å². The summed E-state index contributed by atoms with van der Waals surface area (Å²) < 4.78 is 21.3. The van der Waals surface area contributed by atoms with Crippen molar-refractivity contribution in [2.24, 2.45) is 10.9 Å². The zero-order valence-corrected chi connectivity index (χ0v) is 10.6. The highest BCUT2D eigenvalue weighted by atomic mass is 32.2. The molecule has 0 aliphatic rings. The number of nitrogens with zero attached hydrogens (tertiary/aromatic N) is 2. The van der Waals surface area contributed by atoms with Crippen LogP contribution in [0, 0.1) is 0 Å². The summed E-state index contributed by atoms with van der Waals surface area (Å²) in [5.41, 5.74) is 5.87. The van der Waals surface area contributed by atoms with Gasteiger partial charge in [-0.2, -0.15) is 0 Å². The molecule has 0 amide bonds. The van der Waals surface area contributed by atoms with Crippen LogP contribution in [0.1, 0.15) is 12.1 Å². The molecule has 1 heterocycles. The third kappa shape index (κ3) is 5.52. The fourth-order valence-corrected chi connectivity index (χ4v) is 1.72. The van der Waals surface area contributed by atoms with E-state index >= 15 is 0 Å². The van der Waals surface area contributed by atoms with Gasteiger partial charge in [0, 0.05) is 12.7 Å². The molecule has 0 saturated carbocycles. The van der Waals surface area contributed by atoms with E-state index in [-0.39, 0.29) is 10.7 Å². The third-order valence-corrected chi connectivity index (χ3v) is 2.86. The van der Waals surface area contributed by atoms with Crippen LogP contribution in [-0.2, 0) is 10.0 Å². The standard InChI is InChI=1S/C8H13N5O2S2/c9-7(16)6-2-4-12-8(13-6)11-3-1-5-17(10,14)15/h2,4H,1,3,5H2,(H2,9,16)(H2,10,14,15)(H,11,12,13). The van der Waals surface area contributed by atoms with E-state index in [4.69, 9.17) is 23.1 Å². The summed E-state index contributed by atoms with van der Waals surface area (Å²) >= 11 is 4.77. The second-order valence-corrected chi connectivity index (χ2v) is 5.45. The smallest absolute Gasteiger partial charge is 0.223 e. The number of hydrogen-bond acceptors (Lipinski definition) is 6. The fraction of sp³-hybridized carbons (Fsp3) is 0.375. The SMILES string of the molecule is NC(=S)c1ccnc(NCCCS(N)(=O)=O)n1. The van der Waals surface area contributed by atoms with Gasteiger partial charge in [0.2, 0.25) is 16.0 Å². The number of hydrogen-bond donors (Lipinski definition) is 3. The summed E-state index contributed by atoms with van der Waals surface area (Å²) in [6, 6.07) is 1.60. The van der Waals surface area contributed by atoms with Crippen LogP contribution in [0.2, 0.25) is 0 Å². The van der Waals surface area contributed by atoms with Crippen LogP contribution in [0.4, 0.5) is 5.95 Å². The molecule has 17 heavy (non-hydrogen) atoms. The maximum absolute atomic E-state index is 10.7. The van der Waals surface area contributed by atoms with Crippen molar-refractivity contribution in [2.75, 3.05) is 17.6 Å². The number of sulfonamides is 1. The summed E-state index contributed by atoms with van der Waals surface area (Å²) in [6.45, 7) is 0.400. The van der Waals surface area contributed by atoms with Gasteiger partial charge >= 0.3 is 0 Å². The molecule has 0 aliphatic heterocycles. The summed E-state index contributed by atoms with van der Waals surface area (Å²) in [5.74, 6) is 0.263. The second kappa shape index (κ2) is 5.84. The Kier molecular flexibility index (Phi) is 4.73. The summed E-state index contributed by atoms with van der Waals surface area (Å²) in [6.07, 6.45) is 1.89. The minimum Gasteiger partial charge on any atom is -0.388 e. The molecule has 0 radical (unpaired) electrons. The van der Waals surface area contributed by atoms with Gasteiger partial charge in [0.05, 0.1) is 5.75 Å². The van der Waals surface area contributed by atoms with Gasteiger partial charge in [-0.15, -0.1) is 0 Å². The van der Waals surface area contributed by atoms with Crippen LogP contribution in [-0.4, -0.2) is 35.7 Å². The molecule has 0 unspecified atom stereocenters. The monoisotopic (exact) mass is 275 g/mol. The van der Waals surface area contributed by atoms with E-state index in [2.05, 4.69) is 15.3 Å².